The van der Waals surface area contributed by atoms with Crippen LogP contribution >= 0.6 is 0 Å². The minimum absolute atomic E-state index is 0.0689. The predicted octanol–water partition coefficient (Wildman–Crippen LogP) is 2.07. The highest BCUT2D eigenvalue weighted by atomic mass is 16.5. The first-order valence-electron chi connectivity index (χ1n) is 7.19. The Morgan fingerprint density at radius 3 is 2.56 bits per heavy atom. The molecule has 0 aliphatic carbocycles. The maximum atomic E-state index is 11.7. The van der Waals surface area contributed by atoms with E-state index in [1.165, 1.54) is 0 Å². The van der Waals surface area contributed by atoms with E-state index < -0.39 is 0 Å². The van der Waals surface area contributed by atoms with Crippen LogP contribution in [0.4, 0.5) is 0 Å². The topological polar surface area (TPSA) is 64.3 Å². The van der Waals surface area contributed by atoms with Gasteiger partial charge in [0.25, 0.3) is 0 Å². The van der Waals surface area contributed by atoms with Gasteiger partial charge < -0.3 is 15.8 Å². The molecule has 0 bridgehead atoms. The maximum absolute atomic E-state index is 11.7. The first-order valence-corrected chi connectivity index (χ1v) is 7.19. The molecule has 0 saturated carbocycles. The summed E-state index contributed by atoms with van der Waals surface area (Å²) in [6, 6.07) is 0.229. The van der Waals surface area contributed by atoms with Gasteiger partial charge in [0.05, 0.1) is 6.61 Å². The smallest absolute Gasteiger partial charge is 0.222 e. The zero-order valence-corrected chi connectivity index (χ0v) is 12.2. The molecule has 2 atom stereocenters. The Labute approximate surface area is 112 Å². The minimum atomic E-state index is 0.0689. The fourth-order valence-electron chi connectivity index (χ4n) is 1.65. The van der Waals surface area contributed by atoms with Crippen molar-refractivity contribution in [1.29, 1.82) is 0 Å². The normalized spacial score (nSPS) is 14.2. The Hall–Kier alpha value is -0.610. The van der Waals surface area contributed by atoms with Gasteiger partial charge in [-0.1, -0.05) is 26.7 Å². The summed E-state index contributed by atoms with van der Waals surface area (Å²) < 4.78 is 5.39. The van der Waals surface area contributed by atoms with Crippen LogP contribution in [0.2, 0.25) is 0 Å². The van der Waals surface area contributed by atoms with E-state index in [4.69, 9.17) is 10.5 Å². The molecule has 18 heavy (non-hydrogen) atoms. The number of carbonyl (C=O) groups is 1. The van der Waals surface area contributed by atoms with Crippen molar-refractivity contribution in [1.82, 2.24) is 5.32 Å². The molecule has 108 valence electrons. The van der Waals surface area contributed by atoms with Gasteiger partial charge in [0.15, 0.2) is 0 Å². The van der Waals surface area contributed by atoms with E-state index in [1.54, 1.807) is 0 Å². The number of hydrogen-bond acceptors (Lipinski definition) is 3. The van der Waals surface area contributed by atoms with Crippen molar-refractivity contribution in [2.75, 3.05) is 19.8 Å². The highest BCUT2D eigenvalue weighted by Crippen LogP contribution is 2.08. The summed E-state index contributed by atoms with van der Waals surface area (Å²) in [6.07, 6.45) is 5.13. The lowest BCUT2D eigenvalue weighted by Gasteiger charge is -2.13. The number of hydrogen-bond donors (Lipinski definition) is 2. The van der Waals surface area contributed by atoms with Gasteiger partial charge in [0, 0.05) is 25.1 Å². The van der Waals surface area contributed by atoms with Crippen molar-refractivity contribution in [3.05, 3.63) is 0 Å². The quantitative estimate of drug-likeness (QED) is 0.558. The first-order chi connectivity index (χ1) is 8.57. The van der Waals surface area contributed by atoms with Crippen LogP contribution in [-0.2, 0) is 9.53 Å². The molecule has 0 aliphatic rings. The second-order valence-electron chi connectivity index (χ2n) is 5.07. The molecule has 0 aromatic heterocycles. The number of amides is 1. The molecule has 4 nitrogen and oxygen atoms in total. The molecule has 0 aromatic carbocycles. The van der Waals surface area contributed by atoms with Crippen LogP contribution in [0.1, 0.15) is 52.9 Å². The van der Waals surface area contributed by atoms with E-state index in [2.05, 4.69) is 12.2 Å². The third kappa shape index (κ3) is 10.5. The molecule has 0 fully saturated rings. The number of carbonyl (C=O) groups excluding carboxylic acids is 1. The number of nitrogens with one attached hydrogen (secondary N) is 1. The van der Waals surface area contributed by atoms with Crippen LogP contribution in [-0.4, -0.2) is 31.7 Å². The van der Waals surface area contributed by atoms with Crippen molar-refractivity contribution in [3.8, 4) is 0 Å². The summed E-state index contributed by atoms with van der Waals surface area (Å²) in [7, 11) is 0. The van der Waals surface area contributed by atoms with E-state index in [0.717, 1.165) is 38.7 Å². The molecule has 4 heteroatoms. The molecular weight excluding hydrogens is 228 g/mol. The zero-order valence-electron chi connectivity index (χ0n) is 12.2. The Balaban J connectivity index is 3.44. The standard InChI is InChI=1S/C14H30N2O2/c1-4-5-10-18-11-9-16-14(17)12(2)7-6-8-13(3)15/h12-13H,4-11,15H2,1-3H3,(H,16,17). The van der Waals surface area contributed by atoms with Crippen LogP contribution in [0.3, 0.4) is 0 Å². The lowest BCUT2D eigenvalue weighted by atomic mass is 10.0. The van der Waals surface area contributed by atoms with E-state index in [-0.39, 0.29) is 17.9 Å². The molecule has 0 radical (unpaired) electrons. The molecular formula is C14H30N2O2. The van der Waals surface area contributed by atoms with Gasteiger partial charge in [-0.15, -0.1) is 0 Å². The third-order valence-corrected chi connectivity index (χ3v) is 2.93. The molecule has 0 spiro atoms. The van der Waals surface area contributed by atoms with E-state index >= 15 is 0 Å². The van der Waals surface area contributed by atoms with Crippen LogP contribution in [0, 0.1) is 5.92 Å². The monoisotopic (exact) mass is 258 g/mol. The molecule has 3 N–H and O–H groups in total. The van der Waals surface area contributed by atoms with E-state index in [0.29, 0.717) is 13.2 Å². The van der Waals surface area contributed by atoms with Crippen LogP contribution < -0.4 is 11.1 Å². The lowest BCUT2D eigenvalue weighted by Crippen LogP contribution is -2.32. The summed E-state index contributed by atoms with van der Waals surface area (Å²) in [5.41, 5.74) is 5.68. The fourth-order valence-corrected chi connectivity index (χ4v) is 1.65. The Kier molecular flexibility index (Phi) is 11.1. The Bertz CT molecular complexity index is 208. The second kappa shape index (κ2) is 11.5. The van der Waals surface area contributed by atoms with Crippen molar-refractivity contribution in [2.45, 2.75) is 58.9 Å². The van der Waals surface area contributed by atoms with Gasteiger partial charge >= 0.3 is 0 Å². The molecule has 1 amide bonds. The average molecular weight is 258 g/mol. The van der Waals surface area contributed by atoms with Gasteiger partial charge in [-0.05, 0) is 26.2 Å². The third-order valence-electron chi connectivity index (χ3n) is 2.93. The molecule has 0 rings (SSSR count). The lowest BCUT2D eigenvalue weighted by molar-refractivity contribution is -0.124. The molecule has 0 saturated heterocycles. The molecule has 2 unspecified atom stereocenters. The summed E-state index contributed by atoms with van der Waals surface area (Å²) in [5.74, 6) is 0.193. The van der Waals surface area contributed by atoms with Gasteiger partial charge in [0.2, 0.25) is 5.91 Å². The summed E-state index contributed by atoms with van der Waals surface area (Å²) in [6.45, 7) is 8.11. The van der Waals surface area contributed by atoms with Gasteiger partial charge in [0.1, 0.15) is 0 Å². The summed E-state index contributed by atoms with van der Waals surface area (Å²) in [5, 5.41) is 2.90. The fraction of sp³-hybridized carbons (Fsp3) is 0.929. The maximum Gasteiger partial charge on any atom is 0.222 e. The molecule has 0 aromatic rings. The SMILES string of the molecule is CCCCOCCNC(=O)C(C)CCCC(C)N. The predicted molar refractivity (Wildman–Crippen MR) is 75.4 cm³/mol. The average Bonchev–Trinajstić information content (AvgIpc) is 2.32. The Morgan fingerprint density at radius 2 is 1.94 bits per heavy atom. The minimum Gasteiger partial charge on any atom is -0.380 e. The summed E-state index contributed by atoms with van der Waals surface area (Å²) >= 11 is 0. The van der Waals surface area contributed by atoms with Crippen molar-refractivity contribution >= 4 is 5.91 Å². The Morgan fingerprint density at radius 1 is 1.22 bits per heavy atom. The largest absolute Gasteiger partial charge is 0.380 e. The van der Waals surface area contributed by atoms with Crippen LogP contribution in [0.25, 0.3) is 0 Å². The van der Waals surface area contributed by atoms with Gasteiger partial charge in [-0.25, -0.2) is 0 Å². The van der Waals surface area contributed by atoms with Crippen molar-refractivity contribution in [2.24, 2.45) is 11.7 Å². The van der Waals surface area contributed by atoms with E-state index in [1.807, 2.05) is 13.8 Å². The highest BCUT2D eigenvalue weighted by molar-refractivity contribution is 5.78. The van der Waals surface area contributed by atoms with Gasteiger partial charge in [-0.3, -0.25) is 4.79 Å². The number of rotatable bonds is 11. The van der Waals surface area contributed by atoms with Crippen LogP contribution in [0.15, 0.2) is 0 Å². The van der Waals surface area contributed by atoms with E-state index in [9.17, 15) is 4.79 Å². The molecule has 0 heterocycles. The van der Waals surface area contributed by atoms with Crippen molar-refractivity contribution < 1.29 is 9.53 Å². The summed E-state index contributed by atoms with van der Waals surface area (Å²) in [4.78, 5) is 11.7. The highest BCUT2D eigenvalue weighted by Gasteiger charge is 2.11. The number of nitrogens with two attached hydrogens (primary N) is 1. The second-order valence-corrected chi connectivity index (χ2v) is 5.07. The zero-order chi connectivity index (χ0) is 13.8. The van der Waals surface area contributed by atoms with Gasteiger partial charge in [-0.2, -0.15) is 0 Å². The number of unbranched alkanes of at least 4 members (excludes halogenated alkanes) is 1. The van der Waals surface area contributed by atoms with Crippen LogP contribution in [0.5, 0.6) is 0 Å². The number of ether oxygens (including phenoxy) is 1. The molecule has 0 aliphatic heterocycles. The first kappa shape index (κ1) is 17.4. The van der Waals surface area contributed by atoms with Crippen molar-refractivity contribution in [3.63, 3.8) is 0 Å².